The number of aryl methyl sites for hydroxylation is 1. The Morgan fingerprint density at radius 2 is 2.00 bits per heavy atom. The predicted octanol–water partition coefficient (Wildman–Crippen LogP) is 3.32. The van der Waals surface area contributed by atoms with E-state index in [2.05, 4.69) is 10.3 Å². The van der Waals surface area contributed by atoms with Crippen molar-refractivity contribution in [2.45, 2.75) is 32.9 Å². The Morgan fingerprint density at radius 1 is 1.25 bits per heavy atom. The van der Waals surface area contributed by atoms with E-state index in [1.165, 1.54) is 15.6 Å². The molecule has 1 aromatic heterocycles. The van der Waals surface area contributed by atoms with Crippen LogP contribution >= 0.6 is 11.3 Å². The second-order valence-electron chi connectivity index (χ2n) is 6.91. The fraction of sp³-hybridized carbons (Fsp3) is 0.300. The first kappa shape index (κ1) is 19.0. The minimum atomic E-state index is -3.53. The highest BCUT2D eigenvalue weighted by molar-refractivity contribution is 7.89. The molecule has 146 valence electrons. The second kappa shape index (κ2) is 7.27. The van der Waals surface area contributed by atoms with E-state index in [-0.39, 0.29) is 18.2 Å². The number of aromatic nitrogens is 1. The molecule has 1 amide bonds. The van der Waals surface area contributed by atoms with Crippen LogP contribution in [0.2, 0.25) is 0 Å². The summed E-state index contributed by atoms with van der Waals surface area (Å²) in [4.78, 5) is 17.5. The predicted molar refractivity (Wildman–Crippen MR) is 112 cm³/mol. The van der Waals surface area contributed by atoms with Gasteiger partial charge in [0, 0.05) is 6.54 Å². The summed E-state index contributed by atoms with van der Waals surface area (Å²) in [5.41, 5.74) is 3.89. The van der Waals surface area contributed by atoms with Crippen LogP contribution in [0.3, 0.4) is 0 Å². The molecule has 0 radical (unpaired) electrons. The van der Waals surface area contributed by atoms with Gasteiger partial charge in [-0.2, -0.15) is 4.31 Å². The van der Waals surface area contributed by atoms with E-state index in [4.69, 9.17) is 0 Å². The van der Waals surface area contributed by atoms with Crippen molar-refractivity contribution in [3.63, 3.8) is 0 Å². The van der Waals surface area contributed by atoms with Gasteiger partial charge >= 0.3 is 0 Å². The summed E-state index contributed by atoms with van der Waals surface area (Å²) in [6, 6.07) is 12.8. The number of carbonyl (C=O) groups excluding carboxylic acids is 1. The smallest absolute Gasteiger partial charge is 0.244 e. The normalized spacial score (nSPS) is 17.4. The van der Waals surface area contributed by atoms with Crippen molar-refractivity contribution in [3.05, 3.63) is 59.2 Å². The van der Waals surface area contributed by atoms with Gasteiger partial charge in [0.05, 0.1) is 16.0 Å². The fourth-order valence-electron chi connectivity index (χ4n) is 3.45. The number of thiazole rings is 1. The van der Waals surface area contributed by atoms with Crippen LogP contribution in [-0.4, -0.2) is 35.4 Å². The largest absolute Gasteiger partial charge is 0.301 e. The lowest BCUT2D eigenvalue weighted by Crippen LogP contribution is -2.51. The molecule has 0 spiro atoms. The van der Waals surface area contributed by atoms with Crippen molar-refractivity contribution in [2.24, 2.45) is 0 Å². The standard InChI is InChI=1S/C20H21N3O3S2/c1-3-28(25,26)23-12-15-7-5-4-6-14(15)11-17(23)19(24)22-20-21-16-9-8-13(2)10-18(16)27-20/h4-10,17H,3,11-12H2,1-2H3,(H,21,22,24)/t17-/m1/s1. The molecule has 0 aliphatic carbocycles. The molecule has 1 aliphatic rings. The Labute approximate surface area is 168 Å². The van der Waals surface area contributed by atoms with E-state index >= 15 is 0 Å². The Bertz CT molecular complexity index is 1150. The van der Waals surface area contributed by atoms with Gasteiger partial charge in [0.25, 0.3) is 0 Å². The van der Waals surface area contributed by atoms with Crippen LogP contribution in [0, 0.1) is 6.92 Å². The van der Waals surface area contributed by atoms with E-state index in [1.54, 1.807) is 6.92 Å². The number of anilines is 1. The molecule has 1 atom stereocenters. The molecular formula is C20H21N3O3S2. The zero-order valence-corrected chi connectivity index (χ0v) is 17.3. The average Bonchev–Trinajstić information content (AvgIpc) is 3.08. The third-order valence-electron chi connectivity index (χ3n) is 5.00. The number of nitrogens with one attached hydrogen (secondary N) is 1. The van der Waals surface area contributed by atoms with E-state index < -0.39 is 16.1 Å². The lowest BCUT2D eigenvalue weighted by molar-refractivity contribution is -0.120. The molecule has 3 aromatic rings. The first-order chi connectivity index (χ1) is 13.4. The number of sulfonamides is 1. The summed E-state index contributed by atoms with van der Waals surface area (Å²) in [6.45, 7) is 3.81. The first-order valence-electron chi connectivity index (χ1n) is 9.12. The van der Waals surface area contributed by atoms with E-state index in [1.807, 2.05) is 49.4 Å². The van der Waals surface area contributed by atoms with Gasteiger partial charge in [-0.15, -0.1) is 0 Å². The molecule has 0 fully saturated rings. The van der Waals surface area contributed by atoms with E-state index in [9.17, 15) is 13.2 Å². The van der Waals surface area contributed by atoms with Crippen molar-refractivity contribution in [1.82, 2.24) is 9.29 Å². The third-order valence-corrected chi connectivity index (χ3v) is 7.77. The Morgan fingerprint density at radius 3 is 2.75 bits per heavy atom. The highest BCUT2D eigenvalue weighted by atomic mass is 32.2. The maximum absolute atomic E-state index is 13.0. The number of carbonyl (C=O) groups is 1. The fourth-order valence-corrected chi connectivity index (χ4v) is 5.65. The van der Waals surface area contributed by atoms with Gasteiger partial charge in [-0.1, -0.05) is 41.7 Å². The molecule has 2 aromatic carbocycles. The number of nitrogens with zero attached hydrogens (tertiary/aromatic N) is 2. The Hall–Kier alpha value is -2.29. The third kappa shape index (κ3) is 3.55. The summed E-state index contributed by atoms with van der Waals surface area (Å²) in [5.74, 6) is -0.387. The number of rotatable bonds is 4. The number of hydrogen-bond acceptors (Lipinski definition) is 5. The number of hydrogen-bond donors (Lipinski definition) is 1. The van der Waals surface area contributed by atoms with Gasteiger partial charge in [-0.05, 0) is 49.1 Å². The number of fused-ring (bicyclic) bond motifs is 2. The van der Waals surface area contributed by atoms with Crippen LogP contribution in [0.5, 0.6) is 0 Å². The monoisotopic (exact) mass is 415 g/mol. The topological polar surface area (TPSA) is 79.4 Å². The molecule has 1 aliphatic heterocycles. The van der Waals surface area contributed by atoms with Crippen molar-refractivity contribution in [2.75, 3.05) is 11.1 Å². The second-order valence-corrected chi connectivity index (χ2v) is 10.2. The minimum Gasteiger partial charge on any atom is -0.301 e. The highest BCUT2D eigenvalue weighted by Gasteiger charge is 2.38. The van der Waals surface area contributed by atoms with Crippen LogP contribution in [0.4, 0.5) is 5.13 Å². The lowest BCUT2D eigenvalue weighted by atomic mass is 9.95. The molecule has 6 nitrogen and oxygen atoms in total. The van der Waals surface area contributed by atoms with Gasteiger partial charge in [0.2, 0.25) is 15.9 Å². The average molecular weight is 416 g/mol. The van der Waals surface area contributed by atoms with E-state index in [0.29, 0.717) is 11.6 Å². The molecule has 0 unspecified atom stereocenters. The quantitative estimate of drug-likeness (QED) is 0.709. The molecular weight excluding hydrogens is 394 g/mol. The molecule has 28 heavy (non-hydrogen) atoms. The van der Waals surface area contributed by atoms with Gasteiger partial charge in [-0.3, -0.25) is 4.79 Å². The van der Waals surface area contributed by atoms with Gasteiger partial charge < -0.3 is 5.32 Å². The first-order valence-corrected chi connectivity index (χ1v) is 11.5. The van der Waals surface area contributed by atoms with Crippen LogP contribution in [-0.2, 0) is 27.8 Å². The molecule has 2 heterocycles. The molecule has 4 rings (SSSR count). The number of amides is 1. The number of benzene rings is 2. The summed E-state index contributed by atoms with van der Waals surface area (Å²) < 4.78 is 27.6. The van der Waals surface area contributed by atoms with Crippen LogP contribution in [0.15, 0.2) is 42.5 Å². The Balaban J connectivity index is 1.65. The molecule has 0 saturated heterocycles. The van der Waals surface area contributed by atoms with Crippen molar-refractivity contribution >= 4 is 42.6 Å². The van der Waals surface area contributed by atoms with Crippen molar-refractivity contribution < 1.29 is 13.2 Å². The van der Waals surface area contributed by atoms with Crippen LogP contribution in [0.25, 0.3) is 10.2 Å². The lowest BCUT2D eigenvalue weighted by Gasteiger charge is -2.34. The molecule has 8 heteroatoms. The van der Waals surface area contributed by atoms with Crippen molar-refractivity contribution in [1.29, 1.82) is 0 Å². The van der Waals surface area contributed by atoms with E-state index in [0.717, 1.165) is 26.9 Å². The maximum Gasteiger partial charge on any atom is 0.244 e. The van der Waals surface area contributed by atoms with Crippen LogP contribution < -0.4 is 5.32 Å². The highest BCUT2D eigenvalue weighted by Crippen LogP contribution is 2.29. The summed E-state index contributed by atoms with van der Waals surface area (Å²) in [7, 11) is -3.53. The summed E-state index contributed by atoms with van der Waals surface area (Å²) in [6.07, 6.45) is 0.352. The van der Waals surface area contributed by atoms with Crippen molar-refractivity contribution in [3.8, 4) is 0 Å². The molecule has 0 saturated carbocycles. The van der Waals surface area contributed by atoms with Gasteiger partial charge in [0.1, 0.15) is 6.04 Å². The van der Waals surface area contributed by atoms with Crippen LogP contribution in [0.1, 0.15) is 23.6 Å². The minimum absolute atomic E-state index is 0.0423. The Kier molecular flexibility index (Phi) is 4.95. The zero-order valence-electron chi connectivity index (χ0n) is 15.7. The SMILES string of the molecule is CCS(=O)(=O)N1Cc2ccccc2C[C@@H]1C(=O)Nc1nc2ccc(C)cc2s1. The summed E-state index contributed by atoms with van der Waals surface area (Å²) in [5, 5.41) is 3.32. The van der Waals surface area contributed by atoms with Gasteiger partial charge in [0.15, 0.2) is 5.13 Å². The zero-order chi connectivity index (χ0) is 19.9. The molecule has 1 N–H and O–H groups in total. The molecule has 0 bridgehead atoms. The van der Waals surface area contributed by atoms with Gasteiger partial charge in [-0.25, -0.2) is 13.4 Å². The maximum atomic E-state index is 13.0. The summed E-state index contributed by atoms with van der Waals surface area (Å²) >= 11 is 1.39.